The summed E-state index contributed by atoms with van der Waals surface area (Å²) in [6.07, 6.45) is 0.149. The lowest BCUT2D eigenvalue weighted by molar-refractivity contribution is -0.115. The number of nitrogens with zero attached hydrogens (tertiary/aromatic N) is 2. The number of anilines is 1. The van der Waals surface area contributed by atoms with E-state index >= 15 is 0 Å². The quantitative estimate of drug-likeness (QED) is 0.776. The predicted molar refractivity (Wildman–Crippen MR) is 82.7 cm³/mol. The van der Waals surface area contributed by atoms with Crippen LogP contribution in [0, 0.1) is 0 Å². The molecular formula is C14H10Cl2N4O. The van der Waals surface area contributed by atoms with Gasteiger partial charge in [0.25, 0.3) is 0 Å². The minimum Gasteiger partial charge on any atom is -0.326 e. The van der Waals surface area contributed by atoms with Crippen LogP contribution in [-0.4, -0.2) is 21.3 Å². The molecule has 0 fully saturated rings. The number of fused-ring (bicyclic) bond motifs is 1. The SMILES string of the molecule is O=C(Cc1cc(Cl)ccc1Cl)Nc1ccc2n[nH]nc2c1. The third kappa shape index (κ3) is 3.15. The van der Waals surface area contributed by atoms with Crippen LogP contribution in [0.5, 0.6) is 0 Å². The highest BCUT2D eigenvalue weighted by molar-refractivity contribution is 6.33. The Morgan fingerprint density at radius 1 is 1.10 bits per heavy atom. The molecule has 5 nitrogen and oxygen atoms in total. The van der Waals surface area contributed by atoms with Gasteiger partial charge in [0.2, 0.25) is 5.91 Å². The van der Waals surface area contributed by atoms with Crippen molar-refractivity contribution in [1.82, 2.24) is 15.4 Å². The Morgan fingerprint density at radius 2 is 1.90 bits per heavy atom. The van der Waals surface area contributed by atoms with E-state index in [0.29, 0.717) is 26.8 Å². The fourth-order valence-corrected chi connectivity index (χ4v) is 2.35. The number of halogens is 2. The Labute approximate surface area is 130 Å². The Hall–Kier alpha value is -2.11. The van der Waals surface area contributed by atoms with Gasteiger partial charge in [-0.3, -0.25) is 4.79 Å². The highest BCUT2D eigenvalue weighted by Crippen LogP contribution is 2.22. The first-order valence-corrected chi connectivity index (χ1v) is 6.92. The van der Waals surface area contributed by atoms with E-state index in [4.69, 9.17) is 23.2 Å². The number of carbonyl (C=O) groups excluding carboxylic acids is 1. The first-order valence-electron chi connectivity index (χ1n) is 6.16. The maximum Gasteiger partial charge on any atom is 0.228 e. The molecule has 0 unspecified atom stereocenters. The highest BCUT2D eigenvalue weighted by atomic mass is 35.5. The molecule has 0 radical (unpaired) electrons. The Kier molecular flexibility index (Phi) is 3.77. The molecule has 2 aromatic carbocycles. The summed E-state index contributed by atoms with van der Waals surface area (Å²) < 4.78 is 0. The van der Waals surface area contributed by atoms with E-state index in [0.717, 1.165) is 5.52 Å². The van der Waals surface area contributed by atoms with Crippen LogP contribution >= 0.6 is 23.2 Å². The molecule has 0 saturated heterocycles. The number of nitrogens with one attached hydrogen (secondary N) is 2. The number of H-pyrrole nitrogens is 1. The third-order valence-corrected chi connectivity index (χ3v) is 3.56. The molecule has 0 aliphatic rings. The van der Waals surface area contributed by atoms with Crippen molar-refractivity contribution >= 4 is 45.8 Å². The van der Waals surface area contributed by atoms with Gasteiger partial charge in [0.05, 0.1) is 6.42 Å². The van der Waals surface area contributed by atoms with E-state index in [1.807, 2.05) is 0 Å². The van der Waals surface area contributed by atoms with E-state index in [-0.39, 0.29) is 12.3 Å². The highest BCUT2D eigenvalue weighted by Gasteiger charge is 2.09. The minimum absolute atomic E-state index is 0.149. The van der Waals surface area contributed by atoms with Crippen LogP contribution in [0.15, 0.2) is 36.4 Å². The lowest BCUT2D eigenvalue weighted by atomic mass is 10.1. The monoisotopic (exact) mass is 320 g/mol. The number of aromatic nitrogens is 3. The number of rotatable bonds is 3. The molecule has 1 amide bonds. The molecule has 3 rings (SSSR count). The Balaban J connectivity index is 1.75. The minimum atomic E-state index is -0.179. The molecular weight excluding hydrogens is 311 g/mol. The second kappa shape index (κ2) is 5.71. The van der Waals surface area contributed by atoms with Crippen LogP contribution in [0.1, 0.15) is 5.56 Å². The summed E-state index contributed by atoms with van der Waals surface area (Å²) in [7, 11) is 0. The van der Waals surface area contributed by atoms with Gasteiger partial charge in [0.15, 0.2) is 0 Å². The largest absolute Gasteiger partial charge is 0.326 e. The van der Waals surface area contributed by atoms with Crippen LogP contribution in [-0.2, 0) is 11.2 Å². The van der Waals surface area contributed by atoms with Crippen molar-refractivity contribution in [2.24, 2.45) is 0 Å². The predicted octanol–water partition coefficient (Wildman–Crippen LogP) is 3.45. The zero-order chi connectivity index (χ0) is 14.8. The van der Waals surface area contributed by atoms with E-state index in [1.54, 1.807) is 36.4 Å². The van der Waals surface area contributed by atoms with Gasteiger partial charge in [-0.25, -0.2) is 0 Å². The molecule has 106 valence electrons. The van der Waals surface area contributed by atoms with Gasteiger partial charge in [-0.1, -0.05) is 23.2 Å². The lowest BCUT2D eigenvalue weighted by Gasteiger charge is -2.07. The summed E-state index contributed by atoms with van der Waals surface area (Å²) in [5.41, 5.74) is 2.77. The normalized spacial score (nSPS) is 10.8. The summed E-state index contributed by atoms with van der Waals surface area (Å²) in [5.74, 6) is -0.179. The smallest absolute Gasteiger partial charge is 0.228 e. The summed E-state index contributed by atoms with van der Waals surface area (Å²) in [6, 6.07) is 10.3. The van der Waals surface area contributed by atoms with Gasteiger partial charge in [-0.2, -0.15) is 15.4 Å². The maximum atomic E-state index is 12.1. The Morgan fingerprint density at radius 3 is 2.76 bits per heavy atom. The number of hydrogen-bond donors (Lipinski definition) is 2. The molecule has 2 N–H and O–H groups in total. The van der Waals surface area contributed by atoms with Gasteiger partial charge >= 0.3 is 0 Å². The van der Waals surface area contributed by atoms with Gasteiger partial charge in [0.1, 0.15) is 11.0 Å². The number of aromatic amines is 1. The molecule has 1 aromatic heterocycles. The van der Waals surface area contributed by atoms with Crippen molar-refractivity contribution in [3.8, 4) is 0 Å². The van der Waals surface area contributed by atoms with Crippen molar-refractivity contribution in [3.05, 3.63) is 52.0 Å². The van der Waals surface area contributed by atoms with Crippen molar-refractivity contribution < 1.29 is 4.79 Å². The van der Waals surface area contributed by atoms with Gasteiger partial charge < -0.3 is 5.32 Å². The van der Waals surface area contributed by atoms with Crippen LogP contribution < -0.4 is 5.32 Å². The molecule has 0 bridgehead atoms. The third-order valence-electron chi connectivity index (χ3n) is 2.96. The molecule has 3 aromatic rings. The topological polar surface area (TPSA) is 70.7 Å². The van der Waals surface area contributed by atoms with Crippen LogP contribution in [0.3, 0.4) is 0 Å². The molecule has 0 saturated carbocycles. The van der Waals surface area contributed by atoms with Crippen LogP contribution in [0.2, 0.25) is 10.0 Å². The van der Waals surface area contributed by atoms with E-state index in [9.17, 15) is 4.79 Å². The molecule has 1 heterocycles. The molecule has 21 heavy (non-hydrogen) atoms. The average molecular weight is 321 g/mol. The number of benzene rings is 2. The molecule has 0 aliphatic heterocycles. The van der Waals surface area contributed by atoms with Crippen LogP contribution in [0.4, 0.5) is 5.69 Å². The maximum absolute atomic E-state index is 12.1. The van der Waals surface area contributed by atoms with Gasteiger partial charge in [-0.15, -0.1) is 0 Å². The van der Waals surface area contributed by atoms with Crippen molar-refractivity contribution in [3.63, 3.8) is 0 Å². The van der Waals surface area contributed by atoms with Crippen molar-refractivity contribution in [1.29, 1.82) is 0 Å². The lowest BCUT2D eigenvalue weighted by Crippen LogP contribution is -2.14. The fraction of sp³-hybridized carbons (Fsp3) is 0.0714. The van der Waals surface area contributed by atoms with Crippen LogP contribution in [0.25, 0.3) is 11.0 Å². The Bertz CT molecular complexity index is 816. The number of amides is 1. The fourth-order valence-electron chi connectivity index (χ4n) is 1.97. The number of carbonyl (C=O) groups is 1. The summed E-state index contributed by atoms with van der Waals surface area (Å²) >= 11 is 11.9. The van der Waals surface area contributed by atoms with E-state index in [2.05, 4.69) is 20.7 Å². The molecule has 0 spiro atoms. The van der Waals surface area contributed by atoms with E-state index in [1.165, 1.54) is 0 Å². The van der Waals surface area contributed by atoms with E-state index < -0.39 is 0 Å². The van der Waals surface area contributed by atoms with Gasteiger partial charge in [0, 0.05) is 15.7 Å². The zero-order valence-electron chi connectivity index (χ0n) is 10.7. The molecule has 0 aliphatic carbocycles. The first-order chi connectivity index (χ1) is 10.1. The average Bonchev–Trinajstić information content (AvgIpc) is 2.90. The molecule has 0 atom stereocenters. The second-order valence-corrected chi connectivity index (χ2v) is 5.33. The summed E-state index contributed by atoms with van der Waals surface area (Å²) in [4.78, 5) is 12.1. The molecule has 7 heteroatoms. The summed E-state index contributed by atoms with van der Waals surface area (Å²) in [6.45, 7) is 0. The van der Waals surface area contributed by atoms with Gasteiger partial charge in [-0.05, 0) is 42.0 Å². The zero-order valence-corrected chi connectivity index (χ0v) is 12.2. The standard InChI is InChI=1S/C14H10Cl2N4O/c15-9-1-3-11(16)8(5-9)6-14(21)17-10-2-4-12-13(7-10)19-20-18-12/h1-5,7H,6H2,(H,17,21)(H,18,19,20). The number of hydrogen-bond acceptors (Lipinski definition) is 3. The second-order valence-electron chi connectivity index (χ2n) is 4.49. The van der Waals surface area contributed by atoms with Crippen molar-refractivity contribution in [2.75, 3.05) is 5.32 Å². The summed E-state index contributed by atoms with van der Waals surface area (Å²) in [5, 5.41) is 14.3. The van der Waals surface area contributed by atoms with Crippen molar-refractivity contribution in [2.45, 2.75) is 6.42 Å². The first kappa shape index (κ1) is 13.9.